The minimum atomic E-state index is -0.416. The molecule has 0 N–H and O–H groups in total. The van der Waals surface area contributed by atoms with Crippen molar-refractivity contribution in [2.75, 3.05) is 6.61 Å². The van der Waals surface area contributed by atoms with E-state index in [4.69, 9.17) is 16.3 Å². The van der Waals surface area contributed by atoms with Crippen LogP contribution in [0.2, 0.25) is 5.02 Å². The van der Waals surface area contributed by atoms with Gasteiger partial charge in [0, 0.05) is 0 Å². The second kappa shape index (κ2) is 7.61. The molecular formula is C16H14Br2ClFO. The minimum Gasteiger partial charge on any atom is -0.492 e. The van der Waals surface area contributed by atoms with E-state index in [-0.39, 0.29) is 9.85 Å². The molecule has 0 aliphatic heterocycles. The van der Waals surface area contributed by atoms with Gasteiger partial charge in [0.25, 0.3) is 0 Å². The van der Waals surface area contributed by atoms with Crippen LogP contribution in [0.4, 0.5) is 4.39 Å². The summed E-state index contributed by atoms with van der Waals surface area (Å²) in [7, 11) is 0. The van der Waals surface area contributed by atoms with E-state index in [9.17, 15) is 4.39 Å². The molecule has 0 saturated heterocycles. The number of hydrogen-bond donors (Lipinski definition) is 0. The summed E-state index contributed by atoms with van der Waals surface area (Å²) in [5, 5.41) is 0.128. The molecule has 0 heterocycles. The maximum atomic E-state index is 13.6. The van der Waals surface area contributed by atoms with E-state index in [1.54, 1.807) is 12.1 Å². The Labute approximate surface area is 145 Å². The summed E-state index contributed by atoms with van der Waals surface area (Å²) in [5.41, 5.74) is 1.82. The third-order valence-electron chi connectivity index (χ3n) is 2.95. The number of benzene rings is 2. The van der Waals surface area contributed by atoms with Crippen molar-refractivity contribution in [3.05, 3.63) is 62.8 Å². The maximum Gasteiger partial charge on any atom is 0.142 e. The molecule has 0 radical (unpaired) electrons. The lowest BCUT2D eigenvalue weighted by Gasteiger charge is -2.14. The third kappa shape index (κ3) is 4.21. The van der Waals surface area contributed by atoms with Gasteiger partial charge in [-0.1, -0.05) is 46.6 Å². The van der Waals surface area contributed by atoms with Gasteiger partial charge >= 0.3 is 0 Å². The SMILES string of the molecule is CCCOc1ccc(C(Br)c2ccc(Cl)c(F)c2)cc1Br. The molecule has 0 amide bonds. The van der Waals surface area contributed by atoms with Crippen LogP contribution in [-0.2, 0) is 0 Å². The minimum absolute atomic E-state index is 0.110. The third-order valence-corrected chi connectivity index (χ3v) is 4.93. The van der Waals surface area contributed by atoms with Crippen LogP contribution in [0.5, 0.6) is 5.75 Å². The summed E-state index contributed by atoms with van der Waals surface area (Å²) in [4.78, 5) is -0.110. The Balaban J connectivity index is 2.24. The van der Waals surface area contributed by atoms with Crippen molar-refractivity contribution in [2.24, 2.45) is 0 Å². The number of ether oxygens (including phenoxy) is 1. The Morgan fingerprint density at radius 2 is 1.86 bits per heavy atom. The molecule has 1 unspecified atom stereocenters. The lowest BCUT2D eigenvalue weighted by molar-refractivity contribution is 0.315. The van der Waals surface area contributed by atoms with Crippen LogP contribution in [0, 0.1) is 5.82 Å². The van der Waals surface area contributed by atoms with E-state index in [2.05, 4.69) is 38.8 Å². The first kappa shape index (κ1) is 16.8. The summed E-state index contributed by atoms with van der Waals surface area (Å²) in [5.74, 6) is 0.392. The predicted molar refractivity (Wildman–Crippen MR) is 92.1 cm³/mol. The summed E-state index contributed by atoms with van der Waals surface area (Å²) in [6.07, 6.45) is 0.958. The lowest BCUT2D eigenvalue weighted by atomic mass is 10.0. The summed E-state index contributed by atoms with van der Waals surface area (Å²) in [6.45, 7) is 2.74. The summed E-state index contributed by atoms with van der Waals surface area (Å²) in [6, 6.07) is 10.7. The number of alkyl halides is 1. The first-order chi connectivity index (χ1) is 10.0. The van der Waals surface area contributed by atoms with Crippen LogP contribution in [0.15, 0.2) is 40.9 Å². The average molecular weight is 437 g/mol. The van der Waals surface area contributed by atoms with E-state index in [0.717, 1.165) is 27.8 Å². The Morgan fingerprint density at radius 1 is 1.19 bits per heavy atom. The molecule has 0 saturated carbocycles. The molecule has 2 aromatic rings. The van der Waals surface area contributed by atoms with Crippen LogP contribution in [0.3, 0.4) is 0 Å². The normalized spacial score (nSPS) is 12.2. The number of hydrogen-bond acceptors (Lipinski definition) is 1. The van der Waals surface area contributed by atoms with Gasteiger partial charge < -0.3 is 4.74 Å². The Bertz CT molecular complexity index is 634. The molecule has 5 heteroatoms. The molecule has 0 spiro atoms. The molecule has 112 valence electrons. The Morgan fingerprint density at radius 3 is 2.48 bits per heavy atom. The molecule has 0 fully saturated rings. The highest BCUT2D eigenvalue weighted by Crippen LogP contribution is 2.36. The van der Waals surface area contributed by atoms with Crippen LogP contribution >= 0.6 is 43.5 Å². The van der Waals surface area contributed by atoms with Gasteiger partial charge in [-0.2, -0.15) is 0 Å². The van der Waals surface area contributed by atoms with Gasteiger partial charge in [0.1, 0.15) is 11.6 Å². The van der Waals surface area contributed by atoms with Gasteiger partial charge in [0.05, 0.1) is 20.9 Å². The van der Waals surface area contributed by atoms with E-state index in [1.807, 2.05) is 18.2 Å². The van der Waals surface area contributed by atoms with E-state index >= 15 is 0 Å². The Hall–Kier alpha value is -0.580. The number of halogens is 4. The van der Waals surface area contributed by atoms with Gasteiger partial charge in [-0.05, 0) is 57.7 Å². The predicted octanol–water partition coefficient (Wildman–Crippen LogP) is 6.51. The molecule has 0 aromatic heterocycles. The van der Waals surface area contributed by atoms with E-state index < -0.39 is 5.82 Å². The van der Waals surface area contributed by atoms with Gasteiger partial charge in [0.2, 0.25) is 0 Å². The van der Waals surface area contributed by atoms with Crippen molar-refractivity contribution in [1.82, 2.24) is 0 Å². The molecule has 0 aliphatic carbocycles. The molecule has 1 nitrogen and oxygen atoms in total. The van der Waals surface area contributed by atoms with E-state index in [1.165, 1.54) is 6.07 Å². The van der Waals surface area contributed by atoms with E-state index in [0.29, 0.717) is 6.61 Å². The molecule has 1 atom stereocenters. The van der Waals surface area contributed by atoms with Crippen molar-refractivity contribution in [2.45, 2.75) is 18.2 Å². The van der Waals surface area contributed by atoms with Gasteiger partial charge in [0.15, 0.2) is 0 Å². The van der Waals surface area contributed by atoms with Gasteiger partial charge in [-0.25, -0.2) is 4.39 Å². The highest BCUT2D eigenvalue weighted by atomic mass is 79.9. The largest absolute Gasteiger partial charge is 0.492 e. The first-order valence-electron chi connectivity index (χ1n) is 6.54. The quantitative estimate of drug-likeness (QED) is 0.485. The second-order valence-electron chi connectivity index (χ2n) is 4.57. The topological polar surface area (TPSA) is 9.23 Å². The zero-order valence-electron chi connectivity index (χ0n) is 11.4. The van der Waals surface area contributed by atoms with Crippen molar-refractivity contribution in [1.29, 1.82) is 0 Å². The van der Waals surface area contributed by atoms with Crippen LogP contribution in [-0.4, -0.2) is 6.61 Å². The van der Waals surface area contributed by atoms with Gasteiger partial charge in [-0.3, -0.25) is 0 Å². The average Bonchev–Trinajstić information content (AvgIpc) is 2.48. The maximum absolute atomic E-state index is 13.6. The smallest absolute Gasteiger partial charge is 0.142 e. The fraction of sp³-hybridized carbons (Fsp3) is 0.250. The lowest BCUT2D eigenvalue weighted by Crippen LogP contribution is -1.98. The molecule has 0 bridgehead atoms. The molecule has 2 aromatic carbocycles. The zero-order chi connectivity index (χ0) is 15.4. The highest BCUT2D eigenvalue weighted by molar-refractivity contribution is 9.10. The molecule has 0 aliphatic rings. The zero-order valence-corrected chi connectivity index (χ0v) is 15.3. The number of rotatable bonds is 5. The standard InChI is InChI=1S/C16H14Br2ClFO/c1-2-7-21-15-6-4-10(8-12(15)17)16(18)11-3-5-13(19)14(20)9-11/h3-6,8-9,16H,2,7H2,1H3. The van der Waals surface area contributed by atoms with Crippen LogP contribution in [0.25, 0.3) is 0 Å². The molecule has 21 heavy (non-hydrogen) atoms. The Kier molecular flexibility index (Phi) is 6.08. The van der Waals surface area contributed by atoms with Crippen molar-refractivity contribution >= 4 is 43.5 Å². The first-order valence-corrected chi connectivity index (χ1v) is 8.63. The monoisotopic (exact) mass is 434 g/mol. The van der Waals surface area contributed by atoms with Crippen molar-refractivity contribution in [3.8, 4) is 5.75 Å². The second-order valence-corrected chi connectivity index (χ2v) is 6.75. The van der Waals surface area contributed by atoms with Crippen LogP contribution in [0.1, 0.15) is 29.3 Å². The molecular weight excluding hydrogens is 422 g/mol. The summed E-state index contributed by atoms with van der Waals surface area (Å²) < 4.78 is 20.1. The summed E-state index contributed by atoms with van der Waals surface area (Å²) >= 11 is 12.8. The fourth-order valence-electron chi connectivity index (χ4n) is 1.87. The highest BCUT2D eigenvalue weighted by Gasteiger charge is 2.14. The van der Waals surface area contributed by atoms with Crippen molar-refractivity contribution < 1.29 is 9.13 Å². The van der Waals surface area contributed by atoms with Gasteiger partial charge in [-0.15, -0.1) is 0 Å². The van der Waals surface area contributed by atoms with Crippen LogP contribution < -0.4 is 4.74 Å². The fourth-order valence-corrected chi connectivity index (χ4v) is 3.06. The molecule has 2 rings (SSSR count). The van der Waals surface area contributed by atoms with Crippen molar-refractivity contribution in [3.63, 3.8) is 0 Å².